The summed E-state index contributed by atoms with van der Waals surface area (Å²) in [7, 11) is 0. The predicted molar refractivity (Wildman–Crippen MR) is 71.5 cm³/mol. The van der Waals surface area contributed by atoms with Gasteiger partial charge in [-0.15, -0.1) is 0 Å². The minimum Gasteiger partial charge on any atom is -0.393 e. The van der Waals surface area contributed by atoms with Gasteiger partial charge >= 0.3 is 0 Å². The van der Waals surface area contributed by atoms with E-state index in [0.717, 1.165) is 10.9 Å². The van der Waals surface area contributed by atoms with Crippen molar-refractivity contribution < 1.29 is 9.90 Å². The molecule has 0 aliphatic carbocycles. The van der Waals surface area contributed by atoms with Crippen LogP contribution in [0, 0.1) is 0 Å². The highest BCUT2D eigenvalue weighted by Gasteiger charge is 2.07. The molecule has 2 aromatic rings. The molecule has 0 bridgehead atoms. The first kappa shape index (κ1) is 12.6. The average Bonchev–Trinajstić information content (AvgIpc) is 2.85. The highest BCUT2D eigenvalue weighted by molar-refractivity contribution is 5.98. The van der Waals surface area contributed by atoms with Gasteiger partial charge in [0.15, 0.2) is 0 Å². The summed E-state index contributed by atoms with van der Waals surface area (Å²) in [4.78, 5) is 15.0. The first-order valence-corrected chi connectivity index (χ1v) is 6.24. The Hall–Kier alpha value is -1.81. The van der Waals surface area contributed by atoms with Gasteiger partial charge in [0, 0.05) is 29.2 Å². The minimum absolute atomic E-state index is 0.0959. The van der Waals surface area contributed by atoms with Crippen LogP contribution in [0.25, 0.3) is 10.9 Å². The van der Waals surface area contributed by atoms with Gasteiger partial charge in [0.05, 0.1) is 6.10 Å². The van der Waals surface area contributed by atoms with Crippen molar-refractivity contribution in [3.05, 3.63) is 36.0 Å². The molecule has 4 nitrogen and oxygen atoms in total. The van der Waals surface area contributed by atoms with E-state index in [1.165, 1.54) is 0 Å². The second kappa shape index (κ2) is 5.69. The number of rotatable bonds is 5. The summed E-state index contributed by atoms with van der Waals surface area (Å²) >= 11 is 0. The molecule has 18 heavy (non-hydrogen) atoms. The van der Waals surface area contributed by atoms with E-state index in [0.29, 0.717) is 24.9 Å². The lowest BCUT2D eigenvalue weighted by Crippen LogP contribution is -2.26. The standard InChI is InChI=1S/C14H18N2O2/c1-2-12(17)6-8-16-14(18)11-3-4-13-10(9-11)5-7-15-13/h3-5,7,9,12,15,17H,2,6,8H2,1H3,(H,16,18). The number of hydrogen-bond donors (Lipinski definition) is 3. The fourth-order valence-corrected chi connectivity index (χ4v) is 1.85. The molecule has 96 valence electrons. The van der Waals surface area contributed by atoms with Crippen LogP contribution in [0.15, 0.2) is 30.5 Å². The Morgan fingerprint density at radius 2 is 2.28 bits per heavy atom. The van der Waals surface area contributed by atoms with E-state index in [1.807, 2.05) is 31.3 Å². The number of aromatic nitrogens is 1. The van der Waals surface area contributed by atoms with Crippen LogP contribution in [-0.4, -0.2) is 28.6 Å². The molecule has 0 spiro atoms. The van der Waals surface area contributed by atoms with Crippen LogP contribution >= 0.6 is 0 Å². The van der Waals surface area contributed by atoms with Crippen LogP contribution in [-0.2, 0) is 0 Å². The number of fused-ring (bicyclic) bond motifs is 1. The molecular formula is C14H18N2O2. The highest BCUT2D eigenvalue weighted by atomic mass is 16.3. The van der Waals surface area contributed by atoms with Gasteiger partial charge in [-0.05, 0) is 37.1 Å². The van der Waals surface area contributed by atoms with E-state index in [4.69, 9.17) is 0 Å². The van der Waals surface area contributed by atoms with Gasteiger partial charge in [-0.1, -0.05) is 6.92 Å². The van der Waals surface area contributed by atoms with Crippen LogP contribution in [0.1, 0.15) is 30.1 Å². The molecule has 3 N–H and O–H groups in total. The molecule has 0 fully saturated rings. The summed E-state index contributed by atoms with van der Waals surface area (Å²) in [6.07, 6.45) is 2.82. The van der Waals surface area contributed by atoms with E-state index in [9.17, 15) is 9.90 Å². The zero-order chi connectivity index (χ0) is 13.0. The Kier molecular flexibility index (Phi) is 3.99. The number of aliphatic hydroxyl groups excluding tert-OH is 1. The quantitative estimate of drug-likeness (QED) is 0.756. The van der Waals surface area contributed by atoms with E-state index in [1.54, 1.807) is 6.07 Å². The minimum atomic E-state index is -0.336. The third-order valence-electron chi connectivity index (χ3n) is 3.05. The lowest BCUT2D eigenvalue weighted by Gasteiger charge is -2.08. The van der Waals surface area contributed by atoms with Crippen molar-refractivity contribution in [2.24, 2.45) is 0 Å². The molecule has 0 saturated carbocycles. The van der Waals surface area contributed by atoms with Crippen molar-refractivity contribution in [1.29, 1.82) is 0 Å². The van der Waals surface area contributed by atoms with Crippen molar-refractivity contribution in [2.75, 3.05) is 6.54 Å². The molecule has 1 aromatic heterocycles. The van der Waals surface area contributed by atoms with Crippen LogP contribution in [0.4, 0.5) is 0 Å². The van der Waals surface area contributed by atoms with Gasteiger partial charge in [0.2, 0.25) is 0 Å². The Labute approximate surface area is 106 Å². The molecule has 0 aliphatic heterocycles. The average molecular weight is 246 g/mol. The van der Waals surface area contributed by atoms with Gasteiger partial charge in [-0.2, -0.15) is 0 Å². The Bertz CT molecular complexity index is 533. The fourth-order valence-electron chi connectivity index (χ4n) is 1.85. The monoisotopic (exact) mass is 246 g/mol. The number of amides is 1. The maximum Gasteiger partial charge on any atom is 0.251 e. The number of H-pyrrole nitrogens is 1. The van der Waals surface area contributed by atoms with E-state index >= 15 is 0 Å². The van der Waals surface area contributed by atoms with Gasteiger partial charge in [0.25, 0.3) is 5.91 Å². The lowest BCUT2D eigenvalue weighted by atomic mass is 10.1. The van der Waals surface area contributed by atoms with Crippen molar-refractivity contribution >= 4 is 16.8 Å². The zero-order valence-electron chi connectivity index (χ0n) is 10.4. The number of nitrogens with one attached hydrogen (secondary N) is 2. The number of aromatic amines is 1. The third-order valence-corrected chi connectivity index (χ3v) is 3.05. The second-order valence-corrected chi connectivity index (χ2v) is 4.39. The number of benzene rings is 1. The molecule has 0 saturated heterocycles. The van der Waals surface area contributed by atoms with Crippen LogP contribution in [0.5, 0.6) is 0 Å². The Balaban J connectivity index is 1.95. The molecule has 1 unspecified atom stereocenters. The molecule has 4 heteroatoms. The van der Waals surface area contributed by atoms with Gasteiger partial charge in [0.1, 0.15) is 0 Å². The summed E-state index contributed by atoms with van der Waals surface area (Å²) in [5.74, 6) is -0.0959. The topological polar surface area (TPSA) is 65.1 Å². The number of carbonyl (C=O) groups is 1. The maximum atomic E-state index is 11.9. The van der Waals surface area contributed by atoms with Gasteiger partial charge < -0.3 is 15.4 Å². The van der Waals surface area contributed by atoms with Crippen LogP contribution in [0.3, 0.4) is 0 Å². The summed E-state index contributed by atoms with van der Waals surface area (Å²) in [6, 6.07) is 7.49. The molecule has 0 aliphatic rings. The fraction of sp³-hybridized carbons (Fsp3) is 0.357. The van der Waals surface area contributed by atoms with E-state index in [-0.39, 0.29) is 12.0 Å². The molecule has 1 atom stereocenters. The van der Waals surface area contributed by atoms with E-state index in [2.05, 4.69) is 10.3 Å². The lowest BCUT2D eigenvalue weighted by molar-refractivity contribution is 0.0942. The number of hydrogen-bond acceptors (Lipinski definition) is 2. The zero-order valence-corrected chi connectivity index (χ0v) is 10.4. The van der Waals surface area contributed by atoms with E-state index < -0.39 is 0 Å². The Morgan fingerprint density at radius 1 is 1.44 bits per heavy atom. The maximum absolute atomic E-state index is 11.9. The summed E-state index contributed by atoms with van der Waals surface area (Å²) < 4.78 is 0. The summed E-state index contributed by atoms with van der Waals surface area (Å²) in [5, 5.41) is 13.2. The largest absolute Gasteiger partial charge is 0.393 e. The van der Waals surface area contributed by atoms with Crippen molar-refractivity contribution in [2.45, 2.75) is 25.9 Å². The predicted octanol–water partition coefficient (Wildman–Crippen LogP) is 2.06. The molecule has 1 heterocycles. The van der Waals surface area contributed by atoms with Crippen LogP contribution < -0.4 is 5.32 Å². The van der Waals surface area contributed by atoms with Gasteiger partial charge in [-0.25, -0.2) is 0 Å². The molecule has 0 radical (unpaired) electrons. The summed E-state index contributed by atoms with van der Waals surface area (Å²) in [5.41, 5.74) is 1.67. The van der Waals surface area contributed by atoms with Gasteiger partial charge in [-0.3, -0.25) is 4.79 Å². The Morgan fingerprint density at radius 3 is 3.06 bits per heavy atom. The highest BCUT2D eigenvalue weighted by Crippen LogP contribution is 2.14. The summed E-state index contributed by atoms with van der Waals surface area (Å²) in [6.45, 7) is 2.42. The first-order chi connectivity index (χ1) is 8.70. The molecular weight excluding hydrogens is 228 g/mol. The first-order valence-electron chi connectivity index (χ1n) is 6.24. The SMILES string of the molecule is CCC(O)CCNC(=O)c1ccc2[nH]ccc2c1. The normalized spacial score (nSPS) is 12.6. The van der Waals surface area contributed by atoms with Crippen molar-refractivity contribution in [1.82, 2.24) is 10.3 Å². The smallest absolute Gasteiger partial charge is 0.251 e. The number of carbonyl (C=O) groups excluding carboxylic acids is 1. The number of aliphatic hydroxyl groups is 1. The van der Waals surface area contributed by atoms with Crippen molar-refractivity contribution in [3.63, 3.8) is 0 Å². The van der Waals surface area contributed by atoms with Crippen molar-refractivity contribution in [3.8, 4) is 0 Å². The van der Waals surface area contributed by atoms with Crippen LogP contribution in [0.2, 0.25) is 0 Å². The second-order valence-electron chi connectivity index (χ2n) is 4.39. The molecule has 1 amide bonds. The molecule has 2 rings (SSSR count). The molecule has 1 aromatic carbocycles. The third kappa shape index (κ3) is 2.90.